The Kier molecular flexibility index (Phi) is 2.31. The van der Waals surface area contributed by atoms with Crippen molar-refractivity contribution in [2.75, 3.05) is 0 Å². The van der Waals surface area contributed by atoms with Crippen LogP contribution in [0.1, 0.15) is 12.5 Å². The Morgan fingerprint density at radius 3 is 2.85 bits per heavy atom. The van der Waals surface area contributed by atoms with E-state index in [1.165, 1.54) is 16.9 Å². The number of pyridine rings is 1. The highest BCUT2D eigenvalue weighted by Gasteiger charge is 2.01. The first-order chi connectivity index (χ1) is 6.40. The molecule has 66 valence electrons. The molecule has 0 aliphatic heterocycles. The minimum atomic E-state index is 0.877. The molecule has 2 rings (SSSR count). The van der Waals surface area contributed by atoms with Gasteiger partial charge in [-0.15, -0.1) is 10.2 Å². The maximum Gasteiger partial charge on any atom is 0.166 e. The Morgan fingerprint density at radius 1 is 1.38 bits per heavy atom. The van der Waals surface area contributed by atoms with E-state index in [1.54, 1.807) is 5.51 Å². The summed E-state index contributed by atoms with van der Waals surface area (Å²) in [5.74, 6) is 0. The predicted molar refractivity (Wildman–Crippen MR) is 52.5 cm³/mol. The molecule has 3 nitrogen and oxygen atoms in total. The summed E-state index contributed by atoms with van der Waals surface area (Å²) in [6.07, 6.45) is 2.90. The predicted octanol–water partition coefficient (Wildman–Crippen LogP) is 2.16. The van der Waals surface area contributed by atoms with E-state index >= 15 is 0 Å². The van der Waals surface area contributed by atoms with Crippen molar-refractivity contribution in [2.24, 2.45) is 0 Å². The SMILES string of the molecule is CCc1ccc(-c2nncs2)nc1. The van der Waals surface area contributed by atoms with Crippen LogP contribution >= 0.6 is 11.3 Å². The van der Waals surface area contributed by atoms with Gasteiger partial charge in [0, 0.05) is 6.20 Å². The molecule has 0 fully saturated rings. The van der Waals surface area contributed by atoms with Crippen molar-refractivity contribution in [3.63, 3.8) is 0 Å². The van der Waals surface area contributed by atoms with Gasteiger partial charge in [-0.1, -0.05) is 24.3 Å². The lowest BCUT2D eigenvalue weighted by atomic mass is 10.2. The van der Waals surface area contributed by atoms with E-state index in [4.69, 9.17) is 0 Å². The van der Waals surface area contributed by atoms with Crippen LogP contribution in [0.3, 0.4) is 0 Å². The van der Waals surface area contributed by atoms with Gasteiger partial charge in [0.05, 0.1) is 0 Å². The van der Waals surface area contributed by atoms with Crippen LogP contribution in [-0.4, -0.2) is 15.2 Å². The molecular weight excluding hydrogens is 182 g/mol. The molecule has 0 atom stereocenters. The molecule has 4 heteroatoms. The topological polar surface area (TPSA) is 38.7 Å². The highest BCUT2D eigenvalue weighted by Crippen LogP contribution is 2.17. The van der Waals surface area contributed by atoms with Crippen LogP contribution in [0.5, 0.6) is 0 Å². The zero-order chi connectivity index (χ0) is 9.10. The van der Waals surface area contributed by atoms with Crippen LogP contribution in [0, 0.1) is 0 Å². The molecule has 0 spiro atoms. The maximum absolute atomic E-state index is 4.30. The molecule has 0 aliphatic carbocycles. The molecule has 0 saturated heterocycles. The molecule has 2 aromatic rings. The van der Waals surface area contributed by atoms with Crippen LogP contribution in [0.15, 0.2) is 23.8 Å². The fourth-order valence-corrected chi connectivity index (χ4v) is 1.57. The number of aryl methyl sites for hydroxylation is 1. The van der Waals surface area contributed by atoms with E-state index in [-0.39, 0.29) is 0 Å². The van der Waals surface area contributed by atoms with E-state index in [9.17, 15) is 0 Å². The summed E-state index contributed by atoms with van der Waals surface area (Å²) in [6, 6.07) is 4.06. The van der Waals surface area contributed by atoms with Crippen LogP contribution in [0.2, 0.25) is 0 Å². The van der Waals surface area contributed by atoms with E-state index in [2.05, 4.69) is 28.2 Å². The van der Waals surface area contributed by atoms with Crippen molar-refractivity contribution < 1.29 is 0 Å². The normalized spacial score (nSPS) is 10.2. The van der Waals surface area contributed by atoms with Gasteiger partial charge in [-0.2, -0.15) is 0 Å². The van der Waals surface area contributed by atoms with Gasteiger partial charge in [-0.05, 0) is 18.1 Å². The number of aromatic nitrogens is 3. The van der Waals surface area contributed by atoms with Crippen molar-refractivity contribution in [2.45, 2.75) is 13.3 Å². The van der Waals surface area contributed by atoms with E-state index in [0.717, 1.165) is 17.1 Å². The van der Waals surface area contributed by atoms with Crippen LogP contribution in [-0.2, 0) is 6.42 Å². The van der Waals surface area contributed by atoms with Gasteiger partial charge in [0.1, 0.15) is 11.2 Å². The molecular formula is C9H9N3S. The highest BCUT2D eigenvalue weighted by molar-refractivity contribution is 7.12. The lowest BCUT2D eigenvalue weighted by Gasteiger charge is -1.96. The smallest absolute Gasteiger partial charge is 0.166 e. The van der Waals surface area contributed by atoms with Gasteiger partial charge in [0.25, 0.3) is 0 Å². The fraction of sp³-hybridized carbons (Fsp3) is 0.222. The van der Waals surface area contributed by atoms with Gasteiger partial charge in [0.2, 0.25) is 0 Å². The van der Waals surface area contributed by atoms with Crippen molar-refractivity contribution >= 4 is 11.3 Å². The number of nitrogens with zero attached hydrogens (tertiary/aromatic N) is 3. The average molecular weight is 191 g/mol. The second kappa shape index (κ2) is 3.62. The number of hydrogen-bond acceptors (Lipinski definition) is 4. The summed E-state index contributed by atoms with van der Waals surface area (Å²) in [6.45, 7) is 2.11. The lowest BCUT2D eigenvalue weighted by Crippen LogP contribution is -1.85. The first-order valence-corrected chi connectivity index (χ1v) is 4.99. The minimum absolute atomic E-state index is 0.877. The largest absolute Gasteiger partial charge is 0.253 e. The van der Waals surface area contributed by atoms with Crippen molar-refractivity contribution in [3.05, 3.63) is 29.4 Å². The first-order valence-electron chi connectivity index (χ1n) is 4.11. The maximum atomic E-state index is 4.30. The van der Waals surface area contributed by atoms with Crippen molar-refractivity contribution in [1.29, 1.82) is 0 Å². The van der Waals surface area contributed by atoms with Crippen LogP contribution in [0.4, 0.5) is 0 Å². The molecule has 0 amide bonds. The standard InChI is InChI=1S/C9H9N3S/c1-2-7-3-4-8(10-5-7)9-12-11-6-13-9/h3-6H,2H2,1H3. The zero-order valence-corrected chi connectivity index (χ0v) is 8.08. The molecule has 2 heterocycles. The summed E-state index contributed by atoms with van der Waals surface area (Å²) in [5.41, 5.74) is 3.86. The van der Waals surface area contributed by atoms with Gasteiger partial charge < -0.3 is 0 Å². The van der Waals surface area contributed by atoms with Crippen molar-refractivity contribution in [3.8, 4) is 10.7 Å². The van der Waals surface area contributed by atoms with E-state index in [1.807, 2.05) is 12.3 Å². The molecule has 0 bridgehead atoms. The fourth-order valence-electron chi connectivity index (χ4n) is 1.04. The Hall–Kier alpha value is -1.29. The molecule has 0 N–H and O–H groups in total. The molecule has 0 saturated carbocycles. The quantitative estimate of drug-likeness (QED) is 0.730. The monoisotopic (exact) mass is 191 g/mol. The summed E-state index contributed by atoms with van der Waals surface area (Å²) in [5, 5.41) is 8.60. The summed E-state index contributed by atoms with van der Waals surface area (Å²) < 4.78 is 0. The average Bonchev–Trinajstić information content (AvgIpc) is 2.71. The second-order valence-corrected chi connectivity index (χ2v) is 3.48. The molecule has 0 radical (unpaired) electrons. The Balaban J connectivity index is 2.33. The number of rotatable bonds is 2. The second-order valence-electron chi connectivity index (χ2n) is 2.65. The molecule has 0 aromatic carbocycles. The zero-order valence-electron chi connectivity index (χ0n) is 7.27. The lowest BCUT2D eigenvalue weighted by molar-refractivity contribution is 1.07. The number of hydrogen-bond donors (Lipinski definition) is 0. The van der Waals surface area contributed by atoms with Gasteiger partial charge in [0.15, 0.2) is 5.01 Å². The van der Waals surface area contributed by atoms with Gasteiger partial charge in [-0.3, -0.25) is 4.98 Å². The van der Waals surface area contributed by atoms with Gasteiger partial charge in [-0.25, -0.2) is 0 Å². The molecule has 13 heavy (non-hydrogen) atoms. The third kappa shape index (κ3) is 1.72. The van der Waals surface area contributed by atoms with Crippen LogP contribution in [0.25, 0.3) is 10.7 Å². The minimum Gasteiger partial charge on any atom is -0.253 e. The Bertz CT molecular complexity index is 366. The summed E-state index contributed by atoms with van der Waals surface area (Å²) >= 11 is 1.50. The van der Waals surface area contributed by atoms with E-state index < -0.39 is 0 Å². The summed E-state index contributed by atoms with van der Waals surface area (Å²) in [4.78, 5) is 4.30. The Morgan fingerprint density at radius 2 is 2.31 bits per heavy atom. The van der Waals surface area contributed by atoms with Crippen LogP contribution < -0.4 is 0 Å². The highest BCUT2D eigenvalue weighted by atomic mass is 32.1. The van der Waals surface area contributed by atoms with E-state index in [0.29, 0.717) is 0 Å². The molecule has 0 aliphatic rings. The summed E-state index contributed by atoms with van der Waals surface area (Å²) in [7, 11) is 0. The molecule has 2 aromatic heterocycles. The van der Waals surface area contributed by atoms with Crippen molar-refractivity contribution in [1.82, 2.24) is 15.2 Å². The Labute approximate surface area is 80.5 Å². The first kappa shape index (κ1) is 8.31. The third-order valence-corrected chi connectivity index (χ3v) is 2.53. The molecule has 0 unspecified atom stereocenters. The third-order valence-electron chi connectivity index (χ3n) is 1.81. The van der Waals surface area contributed by atoms with Gasteiger partial charge >= 0.3 is 0 Å².